The van der Waals surface area contributed by atoms with Crippen LogP contribution in [0.3, 0.4) is 0 Å². The van der Waals surface area contributed by atoms with Crippen molar-refractivity contribution < 1.29 is 9.59 Å². The number of rotatable bonds is 9. The zero-order chi connectivity index (χ0) is 25.2. The standard InChI is InChI=1S/C31H37NO2S/c1-6-9-23(10-7-2)24-13-11-22(12-14-24)15-27-20(4)35-21(5)29(27)30(34)32-26-18-31(19-26)16-25(17-31)28(33)8-3/h6-7,9-14,25-26H,1,8,15-19H2,2-5H3,(H,32,34)/b10-7-,23-9+. The Morgan fingerprint density at radius 2 is 1.80 bits per heavy atom. The Kier molecular flexibility index (Phi) is 7.61. The Hall–Kier alpha value is -2.72. The van der Waals surface area contributed by atoms with Crippen LogP contribution in [0, 0.1) is 25.2 Å². The molecule has 1 N–H and O–H groups in total. The minimum atomic E-state index is 0.0584. The summed E-state index contributed by atoms with van der Waals surface area (Å²) in [6.07, 6.45) is 13.4. The summed E-state index contributed by atoms with van der Waals surface area (Å²) in [5, 5.41) is 3.30. The Morgan fingerprint density at radius 1 is 1.11 bits per heavy atom. The number of thiophene rings is 1. The summed E-state index contributed by atoms with van der Waals surface area (Å²) in [7, 11) is 0. The van der Waals surface area contributed by atoms with Crippen LogP contribution in [-0.2, 0) is 11.2 Å². The van der Waals surface area contributed by atoms with Crippen LogP contribution in [0.2, 0.25) is 0 Å². The maximum atomic E-state index is 13.3. The zero-order valence-electron chi connectivity index (χ0n) is 21.4. The fourth-order valence-electron chi connectivity index (χ4n) is 5.99. The molecule has 0 atom stereocenters. The van der Waals surface area contributed by atoms with E-state index >= 15 is 0 Å². The molecule has 0 bridgehead atoms. The normalized spacial score (nSPS) is 23.7. The van der Waals surface area contributed by atoms with E-state index in [0.717, 1.165) is 59.2 Å². The van der Waals surface area contributed by atoms with Crippen molar-refractivity contribution in [2.24, 2.45) is 11.3 Å². The molecule has 4 rings (SSSR count). The third-order valence-electron chi connectivity index (χ3n) is 7.78. The molecule has 0 unspecified atom stereocenters. The zero-order valence-corrected chi connectivity index (χ0v) is 22.3. The quantitative estimate of drug-likeness (QED) is 0.375. The molecule has 0 radical (unpaired) electrons. The number of hydrogen-bond acceptors (Lipinski definition) is 3. The maximum absolute atomic E-state index is 13.3. The minimum absolute atomic E-state index is 0.0584. The molecule has 2 fully saturated rings. The molecular weight excluding hydrogens is 450 g/mol. The van der Waals surface area contributed by atoms with Crippen LogP contribution in [0.25, 0.3) is 5.57 Å². The molecule has 1 aromatic heterocycles. The SMILES string of the molecule is C=C/C=C(\C=C/C)c1ccc(Cc2c(C)sc(C)c2C(=O)NC2CC3(C2)CC(C(=O)CC)C3)cc1. The molecule has 1 amide bonds. The third-order valence-corrected chi connectivity index (χ3v) is 8.84. The van der Waals surface area contributed by atoms with Gasteiger partial charge in [-0.3, -0.25) is 9.59 Å². The van der Waals surface area contributed by atoms with Crippen molar-refractivity contribution in [2.45, 2.75) is 72.3 Å². The summed E-state index contributed by atoms with van der Waals surface area (Å²) in [5.74, 6) is 0.723. The first kappa shape index (κ1) is 25.4. The van der Waals surface area contributed by atoms with Gasteiger partial charge < -0.3 is 5.32 Å². The van der Waals surface area contributed by atoms with Crippen LogP contribution in [-0.4, -0.2) is 17.7 Å². The number of benzene rings is 1. The molecule has 1 aromatic carbocycles. The van der Waals surface area contributed by atoms with E-state index < -0.39 is 0 Å². The Bertz CT molecular complexity index is 1170. The van der Waals surface area contributed by atoms with Gasteiger partial charge in [0.15, 0.2) is 0 Å². The first-order valence-electron chi connectivity index (χ1n) is 12.8. The van der Waals surface area contributed by atoms with E-state index in [4.69, 9.17) is 0 Å². The van der Waals surface area contributed by atoms with Gasteiger partial charge in [-0.25, -0.2) is 0 Å². The van der Waals surface area contributed by atoms with Crippen molar-refractivity contribution in [1.82, 2.24) is 5.32 Å². The van der Waals surface area contributed by atoms with E-state index in [1.54, 1.807) is 11.3 Å². The molecule has 0 aliphatic heterocycles. The molecule has 4 heteroatoms. The van der Waals surface area contributed by atoms with Gasteiger partial charge in [0.05, 0.1) is 5.56 Å². The van der Waals surface area contributed by atoms with Crippen LogP contribution >= 0.6 is 11.3 Å². The molecule has 2 aromatic rings. The summed E-state index contributed by atoms with van der Waals surface area (Å²) < 4.78 is 0. The predicted octanol–water partition coefficient (Wildman–Crippen LogP) is 7.37. The molecule has 3 nitrogen and oxygen atoms in total. The summed E-state index contributed by atoms with van der Waals surface area (Å²) in [6, 6.07) is 8.83. The van der Waals surface area contributed by atoms with E-state index in [1.807, 2.05) is 32.1 Å². The van der Waals surface area contributed by atoms with Gasteiger partial charge in [-0.05, 0) is 80.6 Å². The van der Waals surface area contributed by atoms with Crippen molar-refractivity contribution in [3.63, 3.8) is 0 Å². The fourth-order valence-corrected chi connectivity index (χ4v) is 7.07. The number of carbonyl (C=O) groups is 2. The van der Waals surface area contributed by atoms with E-state index in [9.17, 15) is 9.59 Å². The first-order chi connectivity index (χ1) is 16.8. The monoisotopic (exact) mass is 487 g/mol. The molecule has 35 heavy (non-hydrogen) atoms. The lowest BCUT2D eigenvalue weighted by Crippen LogP contribution is -2.57. The Labute approximate surface area is 214 Å². The second-order valence-electron chi connectivity index (χ2n) is 10.3. The fraction of sp³-hybridized carbons (Fsp3) is 0.419. The van der Waals surface area contributed by atoms with Gasteiger partial charge in [0, 0.05) is 28.1 Å². The maximum Gasteiger partial charge on any atom is 0.252 e. The highest BCUT2D eigenvalue weighted by molar-refractivity contribution is 7.12. The molecule has 184 valence electrons. The minimum Gasteiger partial charge on any atom is -0.349 e. The molecule has 1 heterocycles. The smallest absolute Gasteiger partial charge is 0.252 e. The number of hydrogen-bond donors (Lipinski definition) is 1. The highest BCUT2D eigenvalue weighted by Crippen LogP contribution is 2.59. The number of carbonyl (C=O) groups excluding carboxylic acids is 2. The van der Waals surface area contributed by atoms with Crippen LogP contribution in [0.15, 0.2) is 55.1 Å². The van der Waals surface area contributed by atoms with Crippen LogP contribution in [0.5, 0.6) is 0 Å². The van der Waals surface area contributed by atoms with Crippen molar-refractivity contribution in [3.8, 4) is 0 Å². The lowest BCUT2D eigenvalue weighted by molar-refractivity contribution is -0.135. The third kappa shape index (κ3) is 5.28. The van der Waals surface area contributed by atoms with E-state index in [2.05, 4.69) is 56.1 Å². The van der Waals surface area contributed by atoms with Gasteiger partial charge in [0.25, 0.3) is 5.91 Å². The lowest BCUT2D eigenvalue weighted by atomic mass is 9.49. The second kappa shape index (κ2) is 10.5. The van der Waals surface area contributed by atoms with Gasteiger partial charge >= 0.3 is 0 Å². The Balaban J connectivity index is 1.42. The molecule has 1 spiro atoms. The van der Waals surface area contributed by atoms with Crippen molar-refractivity contribution in [2.75, 3.05) is 0 Å². The summed E-state index contributed by atoms with van der Waals surface area (Å²) in [4.78, 5) is 27.6. The molecule has 2 aliphatic carbocycles. The number of nitrogens with one attached hydrogen (secondary N) is 1. The molecular formula is C31H37NO2S. The van der Waals surface area contributed by atoms with Crippen LogP contribution in [0.4, 0.5) is 0 Å². The van der Waals surface area contributed by atoms with E-state index in [1.165, 1.54) is 10.4 Å². The largest absolute Gasteiger partial charge is 0.349 e. The second-order valence-corrected chi connectivity index (χ2v) is 11.7. The predicted molar refractivity (Wildman–Crippen MR) is 147 cm³/mol. The number of amides is 1. The topological polar surface area (TPSA) is 46.2 Å². The molecule has 2 saturated carbocycles. The van der Waals surface area contributed by atoms with E-state index in [-0.39, 0.29) is 17.9 Å². The average molecular weight is 488 g/mol. The van der Waals surface area contributed by atoms with Crippen molar-refractivity contribution in [3.05, 3.63) is 87.2 Å². The summed E-state index contributed by atoms with van der Waals surface area (Å²) >= 11 is 1.71. The highest BCUT2D eigenvalue weighted by Gasteiger charge is 2.54. The number of aryl methyl sites for hydroxylation is 2. The molecule has 2 aliphatic rings. The van der Waals surface area contributed by atoms with Gasteiger partial charge in [0.2, 0.25) is 0 Å². The lowest BCUT2D eigenvalue weighted by Gasteiger charge is -2.57. The van der Waals surface area contributed by atoms with Crippen LogP contribution < -0.4 is 5.32 Å². The summed E-state index contributed by atoms with van der Waals surface area (Å²) in [5.41, 5.74) is 5.78. The average Bonchev–Trinajstić information content (AvgIpc) is 3.07. The van der Waals surface area contributed by atoms with Gasteiger partial charge in [-0.1, -0.05) is 62.1 Å². The van der Waals surface area contributed by atoms with Crippen LogP contribution in [0.1, 0.15) is 82.8 Å². The number of ketones is 1. The van der Waals surface area contributed by atoms with Gasteiger partial charge in [0.1, 0.15) is 5.78 Å². The highest BCUT2D eigenvalue weighted by atomic mass is 32.1. The first-order valence-corrected chi connectivity index (χ1v) is 13.6. The number of allylic oxidation sites excluding steroid dienone is 5. The van der Waals surface area contributed by atoms with Crippen molar-refractivity contribution in [1.29, 1.82) is 0 Å². The summed E-state index contributed by atoms with van der Waals surface area (Å²) in [6.45, 7) is 12.0. The Morgan fingerprint density at radius 3 is 2.40 bits per heavy atom. The van der Waals surface area contributed by atoms with Crippen molar-refractivity contribution >= 4 is 28.6 Å². The van der Waals surface area contributed by atoms with E-state index in [0.29, 0.717) is 17.6 Å². The number of Topliss-reactive ketones (excluding diaryl/α,β-unsaturated/α-hetero) is 1. The van der Waals surface area contributed by atoms with Gasteiger partial charge in [-0.15, -0.1) is 11.3 Å². The van der Waals surface area contributed by atoms with Gasteiger partial charge in [-0.2, -0.15) is 0 Å². The molecule has 0 saturated heterocycles.